The van der Waals surface area contributed by atoms with Gasteiger partial charge in [0.05, 0.1) is 27.7 Å². The molecule has 1 atom stereocenters. The van der Waals surface area contributed by atoms with Crippen molar-refractivity contribution in [2.24, 2.45) is 0 Å². The van der Waals surface area contributed by atoms with E-state index in [1.807, 2.05) is 30.3 Å². The molecule has 0 aliphatic heterocycles. The predicted molar refractivity (Wildman–Crippen MR) is 87.5 cm³/mol. The van der Waals surface area contributed by atoms with Gasteiger partial charge in [-0.1, -0.05) is 22.9 Å². The molecule has 3 aromatic rings. The van der Waals surface area contributed by atoms with Crippen molar-refractivity contribution in [3.63, 3.8) is 0 Å². The van der Waals surface area contributed by atoms with E-state index in [2.05, 4.69) is 17.2 Å². The molecule has 0 saturated carbocycles. The van der Waals surface area contributed by atoms with E-state index in [1.165, 1.54) is 4.88 Å². The minimum atomic E-state index is 0.190. The van der Waals surface area contributed by atoms with E-state index in [1.54, 1.807) is 29.8 Å². The lowest BCUT2D eigenvalue weighted by Gasteiger charge is -2.09. The number of nitrogens with zero attached hydrogens (tertiary/aromatic N) is 1. The molecule has 20 heavy (non-hydrogen) atoms. The minimum absolute atomic E-state index is 0.190. The highest BCUT2D eigenvalue weighted by Gasteiger charge is 2.11. The summed E-state index contributed by atoms with van der Waals surface area (Å²) in [5, 5.41) is 4.32. The molecule has 0 aliphatic carbocycles. The molecule has 6 heteroatoms. The van der Waals surface area contributed by atoms with Crippen molar-refractivity contribution in [3.8, 4) is 5.75 Å². The molecule has 1 N–H and O–H groups in total. The monoisotopic (exact) mass is 324 g/mol. The Morgan fingerprint density at radius 2 is 2.10 bits per heavy atom. The van der Waals surface area contributed by atoms with Crippen LogP contribution in [0, 0.1) is 0 Å². The van der Waals surface area contributed by atoms with E-state index in [0.29, 0.717) is 0 Å². The zero-order valence-electron chi connectivity index (χ0n) is 11.0. The highest BCUT2D eigenvalue weighted by Crippen LogP contribution is 2.33. The Morgan fingerprint density at radius 1 is 1.25 bits per heavy atom. The van der Waals surface area contributed by atoms with Crippen molar-refractivity contribution in [1.29, 1.82) is 0 Å². The number of aromatic nitrogens is 1. The van der Waals surface area contributed by atoms with Crippen LogP contribution in [0.3, 0.4) is 0 Å². The van der Waals surface area contributed by atoms with Crippen LogP contribution in [0.2, 0.25) is 4.34 Å². The predicted octanol–water partition coefficient (Wildman–Crippen LogP) is 5.19. The first-order valence-corrected chi connectivity index (χ1v) is 8.13. The second kappa shape index (κ2) is 5.60. The van der Waals surface area contributed by atoms with Gasteiger partial charge in [-0.3, -0.25) is 0 Å². The zero-order valence-corrected chi connectivity index (χ0v) is 13.4. The lowest BCUT2D eigenvalue weighted by atomic mass is 10.3. The van der Waals surface area contributed by atoms with E-state index < -0.39 is 0 Å². The normalized spacial score (nSPS) is 12.6. The number of methoxy groups -OCH3 is 1. The summed E-state index contributed by atoms with van der Waals surface area (Å²) in [4.78, 5) is 5.78. The first-order chi connectivity index (χ1) is 9.65. The maximum absolute atomic E-state index is 5.97. The fourth-order valence-electron chi connectivity index (χ4n) is 1.91. The number of halogens is 1. The van der Waals surface area contributed by atoms with Gasteiger partial charge >= 0.3 is 0 Å². The van der Waals surface area contributed by atoms with Crippen LogP contribution >= 0.6 is 34.3 Å². The summed E-state index contributed by atoms with van der Waals surface area (Å²) in [6.07, 6.45) is 0. The van der Waals surface area contributed by atoms with Crippen molar-refractivity contribution in [2.75, 3.05) is 12.4 Å². The standard InChI is InChI=1S/C14H13ClN2OS2/c1-8(11-5-6-13(15)19-11)16-14-17-10-4-3-9(18-2)7-12(10)20-14/h3-8H,1-2H3,(H,16,17). The van der Waals surface area contributed by atoms with E-state index in [9.17, 15) is 0 Å². The van der Waals surface area contributed by atoms with Gasteiger partial charge in [0.1, 0.15) is 5.75 Å². The topological polar surface area (TPSA) is 34.1 Å². The lowest BCUT2D eigenvalue weighted by Crippen LogP contribution is -2.03. The Balaban J connectivity index is 1.83. The van der Waals surface area contributed by atoms with Gasteiger partial charge in [-0.25, -0.2) is 4.98 Å². The smallest absolute Gasteiger partial charge is 0.184 e. The largest absolute Gasteiger partial charge is 0.497 e. The van der Waals surface area contributed by atoms with E-state index >= 15 is 0 Å². The third-order valence-corrected chi connectivity index (χ3v) is 5.32. The molecule has 0 amide bonds. The van der Waals surface area contributed by atoms with Gasteiger partial charge in [0.15, 0.2) is 5.13 Å². The SMILES string of the molecule is COc1ccc2nc(NC(C)c3ccc(Cl)s3)sc2c1. The third-order valence-electron chi connectivity index (χ3n) is 2.96. The number of hydrogen-bond acceptors (Lipinski definition) is 5. The van der Waals surface area contributed by atoms with E-state index in [-0.39, 0.29) is 6.04 Å². The first-order valence-electron chi connectivity index (χ1n) is 6.12. The molecule has 0 aliphatic rings. The first kappa shape index (κ1) is 13.7. The molecule has 3 nitrogen and oxygen atoms in total. The minimum Gasteiger partial charge on any atom is -0.497 e. The number of nitrogens with one attached hydrogen (secondary N) is 1. The second-order valence-electron chi connectivity index (χ2n) is 4.36. The summed E-state index contributed by atoms with van der Waals surface area (Å²) >= 11 is 9.18. The molecule has 0 spiro atoms. The molecule has 1 aromatic carbocycles. The Kier molecular flexibility index (Phi) is 3.83. The van der Waals surface area contributed by atoms with Crippen molar-refractivity contribution in [3.05, 3.63) is 39.5 Å². The molecular weight excluding hydrogens is 312 g/mol. The van der Waals surface area contributed by atoms with Crippen LogP contribution in [-0.4, -0.2) is 12.1 Å². The third kappa shape index (κ3) is 2.75. The van der Waals surface area contributed by atoms with Gasteiger partial charge in [-0.05, 0) is 37.3 Å². The van der Waals surface area contributed by atoms with Gasteiger partial charge in [-0.15, -0.1) is 11.3 Å². The Morgan fingerprint density at radius 3 is 2.80 bits per heavy atom. The average molecular weight is 325 g/mol. The molecule has 3 rings (SSSR count). The highest BCUT2D eigenvalue weighted by atomic mass is 35.5. The van der Waals surface area contributed by atoms with Crippen LogP contribution in [-0.2, 0) is 0 Å². The molecule has 104 valence electrons. The van der Waals surface area contributed by atoms with Crippen LogP contribution < -0.4 is 10.1 Å². The molecule has 0 fully saturated rings. The summed E-state index contributed by atoms with van der Waals surface area (Å²) in [6, 6.07) is 10.1. The van der Waals surface area contributed by atoms with Crippen LogP contribution in [0.4, 0.5) is 5.13 Å². The van der Waals surface area contributed by atoms with Crippen LogP contribution in [0.15, 0.2) is 30.3 Å². The maximum Gasteiger partial charge on any atom is 0.184 e. The number of rotatable bonds is 4. The van der Waals surface area contributed by atoms with Gasteiger partial charge in [0.2, 0.25) is 0 Å². The Bertz CT molecular complexity index is 738. The van der Waals surface area contributed by atoms with E-state index in [4.69, 9.17) is 16.3 Å². The van der Waals surface area contributed by atoms with Crippen LogP contribution in [0.5, 0.6) is 5.75 Å². The molecular formula is C14H13ClN2OS2. The maximum atomic E-state index is 5.97. The molecule has 0 bridgehead atoms. The number of fused-ring (bicyclic) bond motifs is 1. The molecule has 2 heterocycles. The Hall–Kier alpha value is -1.30. The Labute approximate surface area is 130 Å². The summed E-state index contributed by atoms with van der Waals surface area (Å²) in [6.45, 7) is 2.11. The van der Waals surface area contributed by atoms with Crippen LogP contribution in [0.25, 0.3) is 10.2 Å². The van der Waals surface area contributed by atoms with Crippen molar-refractivity contribution < 1.29 is 4.74 Å². The lowest BCUT2D eigenvalue weighted by molar-refractivity contribution is 0.415. The second-order valence-corrected chi connectivity index (χ2v) is 7.14. The van der Waals surface area contributed by atoms with Gasteiger partial charge in [0, 0.05) is 4.88 Å². The fraction of sp³-hybridized carbons (Fsp3) is 0.214. The molecule has 0 radical (unpaired) electrons. The van der Waals surface area contributed by atoms with Crippen molar-refractivity contribution >= 4 is 49.6 Å². The number of hydrogen-bond donors (Lipinski definition) is 1. The van der Waals surface area contributed by atoms with Crippen LogP contribution in [0.1, 0.15) is 17.8 Å². The quantitative estimate of drug-likeness (QED) is 0.716. The molecule has 0 saturated heterocycles. The van der Waals surface area contributed by atoms with Crippen molar-refractivity contribution in [2.45, 2.75) is 13.0 Å². The average Bonchev–Trinajstić information content (AvgIpc) is 3.03. The molecule has 1 unspecified atom stereocenters. The van der Waals surface area contributed by atoms with Crippen molar-refractivity contribution in [1.82, 2.24) is 4.98 Å². The van der Waals surface area contributed by atoms with Gasteiger partial charge in [-0.2, -0.15) is 0 Å². The highest BCUT2D eigenvalue weighted by molar-refractivity contribution is 7.22. The summed E-state index contributed by atoms with van der Waals surface area (Å²) < 4.78 is 7.15. The number of thiophene rings is 1. The zero-order chi connectivity index (χ0) is 14.1. The fourth-order valence-corrected chi connectivity index (χ4v) is 3.96. The number of thiazole rings is 1. The summed E-state index contributed by atoms with van der Waals surface area (Å²) in [7, 11) is 1.67. The van der Waals surface area contributed by atoms with Gasteiger partial charge in [0.25, 0.3) is 0 Å². The van der Waals surface area contributed by atoms with Gasteiger partial charge < -0.3 is 10.1 Å². The number of benzene rings is 1. The molecule has 2 aromatic heterocycles. The number of anilines is 1. The summed E-state index contributed by atoms with van der Waals surface area (Å²) in [5.41, 5.74) is 0.981. The summed E-state index contributed by atoms with van der Waals surface area (Å²) in [5.74, 6) is 0.853. The van der Waals surface area contributed by atoms with E-state index in [0.717, 1.165) is 25.4 Å². The number of ether oxygens (including phenoxy) is 1.